The number of carboxylic acid groups (broad SMARTS) is 1. The smallest absolute Gasteiger partial charge is 0.325 e. The van der Waals surface area contributed by atoms with Crippen molar-refractivity contribution >= 4 is 28.6 Å². The molecule has 3 heterocycles. The predicted octanol–water partition coefficient (Wildman–Crippen LogP) is 3.46. The van der Waals surface area contributed by atoms with Gasteiger partial charge in [-0.3, -0.25) is 24.1 Å². The van der Waals surface area contributed by atoms with Gasteiger partial charge in [0.15, 0.2) is 0 Å². The number of aromatic nitrogens is 2. The minimum Gasteiger partial charge on any atom is -0.480 e. The second kappa shape index (κ2) is 13.5. The lowest BCUT2D eigenvalue weighted by Gasteiger charge is -2.39. The highest BCUT2D eigenvalue weighted by atomic mass is 19.1. The van der Waals surface area contributed by atoms with Gasteiger partial charge in [-0.25, -0.2) is 9.49 Å². The Morgan fingerprint density at radius 1 is 0.913 bits per heavy atom. The summed E-state index contributed by atoms with van der Waals surface area (Å²) in [7, 11) is 0. The third-order valence-corrected chi connectivity index (χ3v) is 8.75. The maximum atomic E-state index is 14.5. The minimum absolute atomic E-state index is 0.00323. The number of carbonyl (C=O) groups excluding carboxylic acids is 2. The largest absolute Gasteiger partial charge is 0.480 e. The Bertz CT molecular complexity index is 1800. The molecular formula is C34H34FN5O6. The summed E-state index contributed by atoms with van der Waals surface area (Å²) in [6.07, 6.45) is 1.17. The van der Waals surface area contributed by atoms with Gasteiger partial charge in [-0.15, -0.1) is 5.10 Å². The van der Waals surface area contributed by atoms with Crippen molar-refractivity contribution in [3.8, 4) is 5.88 Å². The Kier molecular flexibility index (Phi) is 9.06. The number of hydrogen-bond donors (Lipinski definition) is 2. The monoisotopic (exact) mass is 627 g/mol. The number of hydrogen-bond acceptors (Lipinski definition) is 7. The summed E-state index contributed by atoms with van der Waals surface area (Å²) in [4.78, 5) is 56.3. The van der Waals surface area contributed by atoms with Crippen LogP contribution in [0.3, 0.4) is 0 Å². The lowest BCUT2D eigenvalue weighted by Crippen LogP contribution is -2.53. The second-order valence-electron chi connectivity index (χ2n) is 11.6. The van der Waals surface area contributed by atoms with Crippen LogP contribution >= 0.6 is 0 Å². The van der Waals surface area contributed by atoms with Crippen molar-refractivity contribution in [2.45, 2.75) is 25.5 Å². The molecule has 0 aliphatic carbocycles. The molecule has 0 bridgehead atoms. The molecule has 2 saturated heterocycles. The first-order valence-corrected chi connectivity index (χ1v) is 15.3. The molecule has 0 saturated carbocycles. The normalized spacial score (nSPS) is 16.7. The maximum absolute atomic E-state index is 14.5. The first-order valence-electron chi connectivity index (χ1n) is 15.3. The molecule has 238 valence electrons. The molecule has 0 spiro atoms. The molecule has 2 amide bonds. The van der Waals surface area contributed by atoms with Crippen molar-refractivity contribution in [3.63, 3.8) is 0 Å². The summed E-state index contributed by atoms with van der Waals surface area (Å²) in [5.41, 5.74) is 1.34. The Morgan fingerprint density at radius 3 is 2.33 bits per heavy atom. The summed E-state index contributed by atoms with van der Waals surface area (Å²) in [5.74, 6) is -1.85. The molecule has 1 aromatic heterocycles. The molecule has 2 aliphatic rings. The van der Waals surface area contributed by atoms with E-state index in [0.717, 1.165) is 5.56 Å². The van der Waals surface area contributed by atoms with Gasteiger partial charge < -0.3 is 19.6 Å². The third kappa shape index (κ3) is 6.47. The lowest BCUT2D eigenvalue weighted by atomic mass is 9.92. The maximum Gasteiger partial charge on any atom is 0.325 e. The number of carbonyl (C=O) groups is 3. The zero-order valence-corrected chi connectivity index (χ0v) is 25.1. The molecule has 2 fully saturated rings. The van der Waals surface area contributed by atoms with Crippen molar-refractivity contribution in [1.29, 1.82) is 0 Å². The molecule has 0 radical (unpaired) electrons. The quantitative estimate of drug-likeness (QED) is 0.303. The fraction of sp³-hybridized carbons (Fsp3) is 0.324. The van der Waals surface area contributed by atoms with Crippen LogP contribution in [-0.4, -0.2) is 87.1 Å². The number of piperidine rings is 1. The van der Waals surface area contributed by atoms with E-state index in [1.54, 1.807) is 34.1 Å². The summed E-state index contributed by atoms with van der Waals surface area (Å²) in [6, 6.07) is 19.5. The van der Waals surface area contributed by atoms with Gasteiger partial charge in [0.25, 0.3) is 11.5 Å². The number of nitrogens with zero attached hydrogens (tertiary/aromatic N) is 4. The third-order valence-electron chi connectivity index (χ3n) is 8.75. The number of aliphatic carboxylic acids is 1. The Morgan fingerprint density at radius 2 is 1.61 bits per heavy atom. The number of likely N-dealkylation sites (tertiary alicyclic amines) is 1. The number of carboxylic acids is 1. The van der Waals surface area contributed by atoms with Crippen LogP contribution in [0.15, 0.2) is 77.6 Å². The SMILES string of the molecule is O=C(O)C(c1ccccc1)N1CCC(C(=O)N2CCN(C(=O)c3cccc(COc4n[nH]c(=O)c5cccc(F)c45)c3)CC2)CC1. The number of rotatable bonds is 8. The zero-order valence-electron chi connectivity index (χ0n) is 25.1. The Labute approximate surface area is 264 Å². The van der Waals surface area contributed by atoms with Gasteiger partial charge in [-0.2, -0.15) is 0 Å². The van der Waals surface area contributed by atoms with E-state index in [2.05, 4.69) is 10.2 Å². The molecule has 1 unspecified atom stereocenters. The highest BCUT2D eigenvalue weighted by molar-refractivity contribution is 5.94. The molecule has 1 atom stereocenters. The Balaban J connectivity index is 1.02. The van der Waals surface area contributed by atoms with Crippen molar-refractivity contribution in [2.24, 2.45) is 5.92 Å². The van der Waals surface area contributed by atoms with Crippen LogP contribution in [0.1, 0.15) is 40.4 Å². The number of ether oxygens (including phenoxy) is 1. The molecule has 4 aromatic rings. The van der Waals surface area contributed by atoms with Crippen LogP contribution in [0.2, 0.25) is 0 Å². The Hall–Kier alpha value is -5.10. The number of fused-ring (bicyclic) bond motifs is 1. The van der Waals surface area contributed by atoms with E-state index in [1.165, 1.54) is 18.2 Å². The van der Waals surface area contributed by atoms with Gasteiger partial charge in [-0.05, 0) is 48.2 Å². The van der Waals surface area contributed by atoms with Crippen LogP contribution in [-0.2, 0) is 16.2 Å². The molecule has 46 heavy (non-hydrogen) atoms. The van der Waals surface area contributed by atoms with Gasteiger partial charge in [0.1, 0.15) is 18.5 Å². The van der Waals surface area contributed by atoms with Crippen LogP contribution in [0.4, 0.5) is 4.39 Å². The van der Waals surface area contributed by atoms with E-state index in [0.29, 0.717) is 63.2 Å². The van der Waals surface area contributed by atoms with Crippen molar-refractivity contribution < 1.29 is 28.6 Å². The molecular weight excluding hydrogens is 593 g/mol. The van der Waals surface area contributed by atoms with E-state index in [9.17, 15) is 28.7 Å². The van der Waals surface area contributed by atoms with Crippen molar-refractivity contribution in [1.82, 2.24) is 24.9 Å². The predicted molar refractivity (Wildman–Crippen MR) is 167 cm³/mol. The van der Waals surface area contributed by atoms with Crippen LogP contribution in [0.25, 0.3) is 10.8 Å². The summed E-state index contributed by atoms with van der Waals surface area (Å²) in [5, 5.41) is 16.2. The summed E-state index contributed by atoms with van der Waals surface area (Å²) >= 11 is 0. The van der Waals surface area contributed by atoms with Crippen LogP contribution in [0, 0.1) is 11.7 Å². The first-order chi connectivity index (χ1) is 22.3. The molecule has 11 nitrogen and oxygen atoms in total. The zero-order chi connectivity index (χ0) is 32.2. The highest BCUT2D eigenvalue weighted by Gasteiger charge is 2.35. The minimum atomic E-state index is -0.899. The number of amides is 2. The standard InChI is InChI=1S/C34H34FN5O6/c35-27-11-5-10-26-28(27)31(37-36-30(26)41)46-21-22-6-4-9-25(20-22)33(43)40-18-16-39(17-19-40)32(42)24-12-14-38(15-13-24)29(34(44)45)23-7-2-1-3-8-23/h1-11,20,24,29H,12-19,21H2,(H,36,41)(H,44,45). The van der Waals surface area contributed by atoms with E-state index in [4.69, 9.17) is 4.74 Å². The van der Waals surface area contributed by atoms with E-state index < -0.39 is 23.4 Å². The van der Waals surface area contributed by atoms with Crippen LogP contribution in [0.5, 0.6) is 5.88 Å². The van der Waals surface area contributed by atoms with Crippen molar-refractivity contribution in [3.05, 3.63) is 106 Å². The molecule has 12 heteroatoms. The highest BCUT2D eigenvalue weighted by Crippen LogP contribution is 2.29. The topological polar surface area (TPSA) is 136 Å². The number of H-pyrrole nitrogens is 1. The molecule has 3 aromatic carbocycles. The molecule has 6 rings (SSSR count). The van der Waals surface area contributed by atoms with Gasteiger partial charge in [0, 0.05) is 50.7 Å². The van der Waals surface area contributed by atoms with Gasteiger partial charge >= 0.3 is 5.97 Å². The number of aromatic amines is 1. The lowest BCUT2D eigenvalue weighted by molar-refractivity contribution is -0.145. The average molecular weight is 628 g/mol. The number of halogens is 1. The second-order valence-corrected chi connectivity index (χ2v) is 11.6. The van der Waals surface area contributed by atoms with E-state index >= 15 is 0 Å². The fourth-order valence-electron chi connectivity index (χ4n) is 6.32. The van der Waals surface area contributed by atoms with Gasteiger partial charge in [-0.1, -0.05) is 48.5 Å². The molecule has 2 N–H and O–H groups in total. The fourth-order valence-corrected chi connectivity index (χ4v) is 6.32. The summed E-state index contributed by atoms with van der Waals surface area (Å²) < 4.78 is 20.2. The van der Waals surface area contributed by atoms with E-state index in [1.807, 2.05) is 35.2 Å². The summed E-state index contributed by atoms with van der Waals surface area (Å²) in [6.45, 7) is 2.67. The van der Waals surface area contributed by atoms with Gasteiger partial charge in [0.2, 0.25) is 11.8 Å². The van der Waals surface area contributed by atoms with E-state index in [-0.39, 0.29) is 41.0 Å². The van der Waals surface area contributed by atoms with Crippen LogP contribution < -0.4 is 10.3 Å². The first kappa shape index (κ1) is 30.9. The average Bonchev–Trinajstić information content (AvgIpc) is 3.08. The number of benzene rings is 3. The number of piperazine rings is 1. The number of nitrogens with one attached hydrogen (secondary N) is 1. The van der Waals surface area contributed by atoms with Gasteiger partial charge in [0.05, 0.1) is 10.8 Å². The molecule has 2 aliphatic heterocycles. The van der Waals surface area contributed by atoms with Crippen molar-refractivity contribution in [2.75, 3.05) is 39.3 Å².